The summed E-state index contributed by atoms with van der Waals surface area (Å²) < 4.78 is 39.7. The average molecular weight is 366 g/mol. The molecule has 0 radical (unpaired) electrons. The van der Waals surface area contributed by atoms with Crippen molar-refractivity contribution < 1.29 is 12.8 Å². The fraction of sp³-hybridized carbons (Fsp3) is 0. The molecule has 100 valence electrons. The van der Waals surface area contributed by atoms with E-state index in [1.54, 1.807) is 6.07 Å². The molecular formula is C11H7BrClFN2O2S. The Labute approximate surface area is 122 Å². The summed E-state index contributed by atoms with van der Waals surface area (Å²) in [7, 11) is -3.84. The Bertz CT molecular complexity index is 707. The van der Waals surface area contributed by atoms with Crippen LogP contribution in [0, 0.1) is 5.95 Å². The van der Waals surface area contributed by atoms with Gasteiger partial charge in [-0.05, 0) is 30.3 Å². The number of benzene rings is 1. The maximum Gasteiger partial charge on any atom is 0.263 e. The number of aromatic nitrogens is 1. The van der Waals surface area contributed by atoms with Crippen LogP contribution in [0.3, 0.4) is 0 Å². The van der Waals surface area contributed by atoms with Gasteiger partial charge < -0.3 is 0 Å². The standard InChI is InChI=1S/C11H7BrClFN2O2S/c12-7-1-3-10(9(13)5-7)19(17,18)16-8-2-4-11(14)15-6-8/h1-6,16H. The minimum Gasteiger partial charge on any atom is -0.278 e. The highest BCUT2D eigenvalue weighted by Crippen LogP contribution is 2.26. The molecule has 1 aromatic heterocycles. The molecule has 0 spiro atoms. The predicted octanol–water partition coefficient (Wildman–Crippen LogP) is 3.44. The number of nitrogens with zero attached hydrogens (tertiary/aromatic N) is 1. The number of pyridine rings is 1. The van der Waals surface area contributed by atoms with E-state index in [0.717, 1.165) is 12.3 Å². The first-order chi connectivity index (χ1) is 8.88. The highest BCUT2D eigenvalue weighted by Gasteiger charge is 2.18. The van der Waals surface area contributed by atoms with Gasteiger partial charge in [-0.2, -0.15) is 4.39 Å². The summed E-state index contributed by atoms with van der Waals surface area (Å²) >= 11 is 9.07. The second-order valence-electron chi connectivity index (χ2n) is 3.55. The minimum atomic E-state index is -3.84. The molecule has 8 heteroatoms. The van der Waals surface area contributed by atoms with Crippen LogP contribution in [-0.2, 0) is 10.0 Å². The van der Waals surface area contributed by atoms with Crippen molar-refractivity contribution in [2.24, 2.45) is 0 Å². The third-order valence-electron chi connectivity index (χ3n) is 2.16. The van der Waals surface area contributed by atoms with E-state index in [2.05, 4.69) is 25.6 Å². The van der Waals surface area contributed by atoms with E-state index >= 15 is 0 Å². The molecule has 1 aromatic carbocycles. The number of hydrogen-bond acceptors (Lipinski definition) is 3. The topological polar surface area (TPSA) is 59.1 Å². The van der Waals surface area contributed by atoms with E-state index in [1.807, 2.05) is 0 Å². The lowest BCUT2D eigenvalue weighted by atomic mass is 10.4. The molecule has 0 aliphatic carbocycles. The number of nitrogens with one attached hydrogen (secondary N) is 1. The van der Waals surface area contributed by atoms with Crippen molar-refractivity contribution in [1.29, 1.82) is 0 Å². The van der Waals surface area contributed by atoms with Crippen LogP contribution in [0.1, 0.15) is 0 Å². The van der Waals surface area contributed by atoms with E-state index in [9.17, 15) is 12.8 Å². The van der Waals surface area contributed by atoms with Crippen molar-refractivity contribution in [2.75, 3.05) is 4.72 Å². The maximum atomic E-state index is 12.6. The first-order valence-corrected chi connectivity index (χ1v) is 7.63. The lowest BCUT2D eigenvalue weighted by molar-refractivity contribution is 0.583. The normalized spacial score (nSPS) is 11.3. The molecule has 2 aromatic rings. The zero-order chi connectivity index (χ0) is 14.0. The quantitative estimate of drug-likeness (QED) is 0.848. The van der Waals surface area contributed by atoms with Crippen molar-refractivity contribution in [1.82, 2.24) is 4.98 Å². The van der Waals surface area contributed by atoms with Gasteiger partial charge in [-0.3, -0.25) is 4.72 Å². The highest BCUT2D eigenvalue weighted by molar-refractivity contribution is 9.10. The molecule has 19 heavy (non-hydrogen) atoms. The van der Waals surface area contributed by atoms with Gasteiger partial charge in [0.2, 0.25) is 5.95 Å². The molecule has 0 fully saturated rings. The second kappa shape index (κ2) is 5.44. The predicted molar refractivity (Wildman–Crippen MR) is 74.2 cm³/mol. The molecule has 0 aliphatic rings. The van der Waals surface area contributed by atoms with Gasteiger partial charge in [-0.1, -0.05) is 27.5 Å². The Morgan fingerprint density at radius 2 is 2.00 bits per heavy atom. The van der Waals surface area contributed by atoms with Crippen LogP contribution >= 0.6 is 27.5 Å². The monoisotopic (exact) mass is 364 g/mol. The smallest absolute Gasteiger partial charge is 0.263 e. The van der Waals surface area contributed by atoms with E-state index in [1.165, 1.54) is 18.2 Å². The largest absolute Gasteiger partial charge is 0.278 e. The lowest BCUT2D eigenvalue weighted by Crippen LogP contribution is -2.13. The lowest BCUT2D eigenvalue weighted by Gasteiger charge is -2.09. The number of anilines is 1. The Balaban J connectivity index is 2.35. The Kier molecular flexibility index (Phi) is 4.07. The summed E-state index contributed by atoms with van der Waals surface area (Å²) in [5.74, 6) is -0.690. The highest BCUT2D eigenvalue weighted by atomic mass is 79.9. The van der Waals surface area contributed by atoms with Crippen LogP contribution in [0.4, 0.5) is 10.1 Å². The Morgan fingerprint density at radius 1 is 1.26 bits per heavy atom. The summed E-state index contributed by atoms with van der Waals surface area (Å²) in [5, 5.41) is 0.0805. The van der Waals surface area contributed by atoms with E-state index in [4.69, 9.17) is 11.6 Å². The van der Waals surface area contributed by atoms with Gasteiger partial charge in [0.1, 0.15) is 4.90 Å². The van der Waals surface area contributed by atoms with Gasteiger partial charge in [-0.15, -0.1) is 0 Å². The SMILES string of the molecule is O=S(=O)(Nc1ccc(F)nc1)c1ccc(Br)cc1Cl. The third kappa shape index (κ3) is 3.43. The number of rotatable bonds is 3. The Morgan fingerprint density at radius 3 is 2.58 bits per heavy atom. The van der Waals surface area contributed by atoms with Crippen LogP contribution in [0.15, 0.2) is 45.9 Å². The summed E-state index contributed by atoms with van der Waals surface area (Å²) in [6.07, 6.45) is 1.08. The molecule has 4 nitrogen and oxygen atoms in total. The van der Waals surface area contributed by atoms with Crippen molar-refractivity contribution in [3.63, 3.8) is 0 Å². The molecule has 0 aliphatic heterocycles. The summed E-state index contributed by atoms with van der Waals surface area (Å²) in [5.41, 5.74) is 0.153. The number of sulfonamides is 1. The van der Waals surface area contributed by atoms with E-state index in [-0.39, 0.29) is 15.6 Å². The van der Waals surface area contributed by atoms with Crippen molar-refractivity contribution in [2.45, 2.75) is 4.90 Å². The zero-order valence-electron chi connectivity index (χ0n) is 9.27. The summed E-state index contributed by atoms with van der Waals surface area (Å²) in [6, 6.07) is 6.72. The van der Waals surface area contributed by atoms with Crippen LogP contribution in [0.2, 0.25) is 5.02 Å². The molecule has 1 heterocycles. The van der Waals surface area contributed by atoms with Gasteiger partial charge in [0.15, 0.2) is 0 Å². The van der Waals surface area contributed by atoms with Gasteiger partial charge in [0, 0.05) is 4.47 Å². The van der Waals surface area contributed by atoms with Crippen LogP contribution in [0.25, 0.3) is 0 Å². The summed E-state index contributed by atoms with van der Waals surface area (Å²) in [6.45, 7) is 0. The van der Waals surface area contributed by atoms with Crippen molar-refractivity contribution >= 4 is 43.2 Å². The molecule has 0 unspecified atom stereocenters. The molecule has 1 N–H and O–H groups in total. The first kappa shape index (κ1) is 14.2. The van der Waals surface area contributed by atoms with Crippen molar-refractivity contribution in [3.8, 4) is 0 Å². The molecule has 0 saturated heterocycles. The second-order valence-corrected chi connectivity index (χ2v) is 6.52. The fourth-order valence-corrected chi connectivity index (χ4v) is 3.42. The van der Waals surface area contributed by atoms with E-state index < -0.39 is 16.0 Å². The minimum absolute atomic E-state index is 0.0679. The molecule has 0 amide bonds. The fourth-order valence-electron chi connectivity index (χ4n) is 1.34. The molecule has 2 rings (SSSR count). The van der Waals surface area contributed by atoms with Gasteiger partial charge >= 0.3 is 0 Å². The molecule has 0 atom stereocenters. The third-order valence-corrected chi connectivity index (χ3v) is 4.52. The number of hydrogen-bond donors (Lipinski definition) is 1. The van der Waals surface area contributed by atoms with Crippen LogP contribution in [-0.4, -0.2) is 13.4 Å². The summed E-state index contributed by atoms with van der Waals surface area (Å²) in [4.78, 5) is 3.29. The van der Waals surface area contributed by atoms with Crippen LogP contribution < -0.4 is 4.72 Å². The van der Waals surface area contributed by atoms with E-state index in [0.29, 0.717) is 4.47 Å². The Hall–Kier alpha value is -1.18. The maximum absolute atomic E-state index is 12.6. The molecular weight excluding hydrogens is 359 g/mol. The number of halogens is 3. The van der Waals surface area contributed by atoms with Crippen molar-refractivity contribution in [3.05, 3.63) is 52.0 Å². The van der Waals surface area contributed by atoms with Crippen LogP contribution in [0.5, 0.6) is 0 Å². The first-order valence-electron chi connectivity index (χ1n) is 4.98. The van der Waals surface area contributed by atoms with Gasteiger partial charge in [-0.25, -0.2) is 13.4 Å². The zero-order valence-corrected chi connectivity index (χ0v) is 12.4. The molecule has 0 saturated carbocycles. The van der Waals surface area contributed by atoms with Gasteiger partial charge in [0.05, 0.1) is 16.9 Å². The average Bonchev–Trinajstić information content (AvgIpc) is 2.31. The van der Waals surface area contributed by atoms with Gasteiger partial charge in [0.25, 0.3) is 10.0 Å². The molecule has 0 bridgehead atoms.